The third kappa shape index (κ3) is 4.48. The maximum Gasteiger partial charge on any atom is 0.248 e. The smallest absolute Gasteiger partial charge is 0.248 e. The predicted octanol–water partition coefficient (Wildman–Crippen LogP) is 3.39. The van der Waals surface area contributed by atoms with Crippen LogP contribution in [-0.4, -0.2) is 40.1 Å². The van der Waals surface area contributed by atoms with Crippen LogP contribution in [0, 0.1) is 0 Å². The first-order valence-electron chi connectivity index (χ1n) is 9.07. The number of ether oxygens (including phenoxy) is 1. The lowest BCUT2D eigenvalue weighted by Gasteiger charge is -2.33. The van der Waals surface area contributed by atoms with E-state index in [0.717, 1.165) is 37.3 Å². The van der Waals surface area contributed by atoms with Crippen LogP contribution in [0.1, 0.15) is 50.0 Å². The molecule has 1 saturated heterocycles. The first-order valence-corrected chi connectivity index (χ1v) is 9.07. The van der Waals surface area contributed by atoms with Crippen LogP contribution in [0.15, 0.2) is 42.7 Å². The van der Waals surface area contributed by atoms with Crippen LogP contribution in [-0.2, 0) is 16.1 Å². The van der Waals surface area contributed by atoms with E-state index in [4.69, 9.17) is 4.74 Å². The summed E-state index contributed by atoms with van der Waals surface area (Å²) >= 11 is 0. The van der Waals surface area contributed by atoms with E-state index >= 15 is 0 Å². The van der Waals surface area contributed by atoms with Gasteiger partial charge in [0.25, 0.3) is 0 Å². The Kier molecular flexibility index (Phi) is 5.87. The Hall–Kier alpha value is -2.14. The van der Waals surface area contributed by atoms with E-state index in [1.807, 2.05) is 47.6 Å². The van der Waals surface area contributed by atoms with Crippen LogP contribution in [0.5, 0.6) is 0 Å². The molecule has 1 aromatic carbocycles. The van der Waals surface area contributed by atoms with Gasteiger partial charge in [0.05, 0.1) is 6.61 Å². The number of benzene rings is 1. The summed E-state index contributed by atoms with van der Waals surface area (Å²) in [7, 11) is 0. The first kappa shape index (κ1) is 17.7. The maximum atomic E-state index is 12.5. The summed E-state index contributed by atoms with van der Waals surface area (Å²) < 4.78 is 7.82. The van der Waals surface area contributed by atoms with E-state index in [1.165, 1.54) is 0 Å². The zero-order valence-corrected chi connectivity index (χ0v) is 15.1. The van der Waals surface area contributed by atoms with Gasteiger partial charge in [-0.05, 0) is 32.3 Å². The van der Waals surface area contributed by atoms with Gasteiger partial charge in [0.1, 0.15) is 12.4 Å². The van der Waals surface area contributed by atoms with Crippen molar-refractivity contribution in [3.05, 3.63) is 54.1 Å². The molecular weight excluding hydrogens is 314 g/mol. The fourth-order valence-corrected chi connectivity index (χ4v) is 3.41. The number of carbonyl (C=O) groups is 1. The van der Waals surface area contributed by atoms with Crippen molar-refractivity contribution in [3.8, 4) is 0 Å². The van der Waals surface area contributed by atoms with Gasteiger partial charge in [0.15, 0.2) is 0 Å². The van der Waals surface area contributed by atoms with Crippen LogP contribution in [0.4, 0.5) is 0 Å². The van der Waals surface area contributed by atoms with E-state index < -0.39 is 0 Å². The minimum atomic E-state index is 0.0725. The van der Waals surface area contributed by atoms with Crippen molar-refractivity contribution in [3.63, 3.8) is 0 Å². The van der Waals surface area contributed by atoms with Crippen LogP contribution in [0.2, 0.25) is 0 Å². The van der Waals surface area contributed by atoms with Gasteiger partial charge in [-0.1, -0.05) is 30.3 Å². The fourth-order valence-electron chi connectivity index (χ4n) is 3.41. The molecule has 1 aromatic heterocycles. The summed E-state index contributed by atoms with van der Waals surface area (Å²) in [6, 6.07) is 10.3. The number of carbonyl (C=O) groups excluding carboxylic acids is 1. The van der Waals surface area contributed by atoms with Gasteiger partial charge in [0, 0.05) is 37.4 Å². The first-order chi connectivity index (χ1) is 12.1. The molecule has 0 spiro atoms. The second-order valence-electron chi connectivity index (χ2n) is 6.94. The highest BCUT2D eigenvalue weighted by Gasteiger charge is 2.27. The molecule has 0 radical (unpaired) electrons. The molecule has 0 N–H and O–H groups in total. The number of rotatable bonds is 6. The van der Waals surface area contributed by atoms with E-state index in [9.17, 15) is 4.79 Å². The number of hydrogen-bond donors (Lipinski definition) is 0. The number of likely N-dealkylation sites (tertiary alicyclic amines) is 1. The molecule has 3 rings (SSSR count). The lowest BCUT2D eigenvalue weighted by molar-refractivity contribution is -0.137. The molecule has 1 aliphatic heterocycles. The topological polar surface area (TPSA) is 47.4 Å². The SMILES string of the molecule is CC(C)n1ccnc1C1CCCN(C(=O)COCc2ccccc2)C1. The molecule has 134 valence electrons. The second-order valence-corrected chi connectivity index (χ2v) is 6.94. The quantitative estimate of drug-likeness (QED) is 0.809. The fraction of sp³-hybridized carbons (Fsp3) is 0.500. The van der Waals surface area contributed by atoms with Gasteiger partial charge in [0.2, 0.25) is 5.91 Å². The van der Waals surface area contributed by atoms with Crippen molar-refractivity contribution in [2.45, 2.75) is 45.3 Å². The van der Waals surface area contributed by atoms with Crippen molar-refractivity contribution in [2.24, 2.45) is 0 Å². The highest BCUT2D eigenvalue weighted by atomic mass is 16.5. The molecular formula is C20H27N3O2. The summed E-state index contributed by atoms with van der Waals surface area (Å²) in [6.45, 7) is 6.48. The molecule has 0 saturated carbocycles. The average molecular weight is 341 g/mol. The standard InChI is InChI=1S/C20H27N3O2/c1-16(2)23-12-10-21-20(23)18-9-6-11-22(13-18)19(24)15-25-14-17-7-4-3-5-8-17/h3-5,7-8,10,12,16,18H,6,9,11,13-15H2,1-2H3. The summed E-state index contributed by atoms with van der Waals surface area (Å²) in [6.07, 6.45) is 5.99. The van der Waals surface area contributed by atoms with E-state index in [0.29, 0.717) is 18.6 Å². The summed E-state index contributed by atoms with van der Waals surface area (Å²) in [5, 5.41) is 0. The largest absolute Gasteiger partial charge is 0.367 e. The van der Waals surface area contributed by atoms with Crippen LogP contribution < -0.4 is 0 Å². The normalized spacial score (nSPS) is 17.9. The number of imidazole rings is 1. The van der Waals surface area contributed by atoms with Crippen molar-refractivity contribution in [1.82, 2.24) is 14.5 Å². The van der Waals surface area contributed by atoms with Gasteiger partial charge >= 0.3 is 0 Å². The van der Waals surface area contributed by atoms with Gasteiger partial charge < -0.3 is 14.2 Å². The highest BCUT2D eigenvalue weighted by Crippen LogP contribution is 2.27. The molecule has 1 amide bonds. The molecule has 1 fully saturated rings. The van der Waals surface area contributed by atoms with Crippen molar-refractivity contribution in [2.75, 3.05) is 19.7 Å². The molecule has 1 unspecified atom stereocenters. The number of piperidine rings is 1. The third-order valence-electron chi connectivity index (χ3n) is 4.73. The van der Waals surface area contributed by atoms with Gasteiger partial charge in [-0.2, -0.15) is 0 Å². The molecule has 2 heterocycles. The van der Waals surface area contributed by atoms with Crippen molar-refractivity contribution >= 4 is 5.91 Å². The lowest BCUT2D eigenvalue weighted by atomic mass is 9.97. The Labute approximate surface area is 149 Å². The summed E-state index contributed by atoms with van der Waals surface area (Å²) in [5.41, 5.74) is 1.09. The zero-order chi connectivity index (χ0) is 17.6. The molecule has 0 aliphatic carbocycles. The Bertz CT molecular complexity index is 681. The highest BCUT2D eigenvalue weighted by molar-refractivity contribution is 5.77. The Balaban J connectivity index is 1.54. The molecule has 5 heteroatoms. The number of aromatic nitrogens is 2. The number of nitrogens with zero attached hydrogens (tertiary/aromatic N) is 3. The Morgan fingerprint density at radius 1 is 1.32 bits per heavy atom. The molecule has 1 atom stereocenters. The Morgan fingerprint density at radius 3 is 2.88 bits per heavy atom. The summed E-state index contributed by atoms with van der Waals surface area (Å²) in [4.78, 5) is 19.0. The molecule has 5 nitrogen and oxygen atoms in total. The maximum absolute atomic E-state index is 12.5. The molecule has 2 aromatic rings. The predicted molar refractivity (Wildman–Crippen MR) is 97.3 cm³/mol. The molecule has 0 bridgehead atoms. The zero-order valence-electron chi connectivity index (χ0n) is 15.1. The third-order valence-corrected chi connectivity index (χ3v) is 4.73. The molecule has 1 aliphatic rings. The number of hydrogen-bond acceptors (Lipinski definition) is 3. The van der Waals surface area contributed by atoms with E-state index in [1.54, 1.807) is 0 Å². The molecule has 25 heavy (non-hydrogen) atoms. The van der Waals surface area contributed by atoms with E-state index in [2.05, 4.69) is 23.4 Å². The van der Waals surface area contributed by atoms with E-state index in [-0.39, 0.29) is 12.5 Å². The van der Waals surface area contributed by atoms with Gasteiger partial charge in [-0.3, -0.25) is 4.79 Å². The monoisotopic (exact) mass is 341 g/mol. The minimum absolute atomic E-state index is 0.0725. The van der Waals surface area contributed by atoms with Crippen LogP contribution >= 0.6 is 0 Å². The number of amides is 1. The second kappa shape index (κ2) is 8.30. The van der Waals surface area contributed by atoms with Gasteiger partial charge in [-0.25, -0.2) is 4.98 Å². The summed E-state index contributed by atoms with van der Waals surface area (Å²) in [5.74, 6) is 1.48. The van der Waals surface area contributed by atoms with Crippen LogP contribution in [0.3, 0.4) is 0 Å². The van der Waals surface area contributed by atoms with Crippen molar-refractivity contribution in [1.29, 1.82) is 0 Å². The Morgan fingerprint density at radius 2 is 2.12 bits per heavy atom. The van der Waals surface area contributed by atoms with Gasteiger partial charge in [-0.15, -0.1) is 0 Å². The average Bonchev–Trinajstić information content (AvgIpc) is 3.13. The lowest BCUT2D eigenvalue weighted by Crippen LogP contribution is -2.41. The van der Waals surface area contributed by atoms with Crippen molar-refractivity contribution < 1.29 is 9.53 Å². The van der Waals surface area contributed by atoms with Crippen LogP contribution in [0.25, 0.3) is 0 Å². The minimum Gasteiger partial charge on any atom is -0.367 e.